The van der Waals surface area contributed by atoms with Crippen LogP contribution in [-0.4, -0.2) is 24.3 Å². The van der Waals surface area contributed by atoms with Gasteiger partial charge >= 0.3 is 0 Å². The maximum atomic E-state index is 5.35. The first-order valence-corrected chi connectivity index (χ1v) is 5.98. The van der Waals surface area contributed by atoms with Gasteiger partial charge in [0.1, 0.15) is 0 Å². The van der Waals surface area contributed by atoms with E-state index in [1.807, 2.05) is 17.8 Å². The van der Waals surface area contributed by atoms with Gasteiger partial charge in [-0.2, -0.15) is 0 Å². The maximum Gasteiger partial charge on any atom is 0.217 e. The molecule has 80 valence electrons. The Kier molecular flexibility index (Phi) is 3.00. The molecule has 0 bridgehead atoms. The maximum absolute atomic E-state index is 5.35. The molecule has 0 radical (unpaired) electrons. The van der Waals surface area contributed by atoms with Gasteiger partial charge in [0.05, 0.1) is 13.2 Å². The van der Waals surface area contributed by atoms with E-state index in [-0.39, 0.29) is 6.04 Å². The zero-order chi connectivity index (χ0) is 10.8. The molecule has 3 heteroatoms. The summed E-state index contributed by atoms with van der Waals surface area (Å²) in [6.07, 6.45) is 0. The molecule has 1 aromatic carbocycles. The lowest BCUT2D eigenvalue weighted by Crippen LogP contribution is -2.14. The minimum absolute atomic E-state index is 0.289. The van der Waals surface area contributed by atoms with Gasteiger partial charge < -0.3 is 4.74 Å². The number of methoxy groups -OCH3 is 1. The third-order valence-corrected chi connectivity index (χ3v) is 4.00. The summed E-state index contributed by atoms with van der Waals surface area (Å²) in [4.78, 5) is 5.85. The van der Waals surface area contributed by atoms with Gasteiger partial charge in [-0.3, -0.25) is 0 Å². The molecule has 2 unspecified atom stereocenters. The van der Waals surface area contributed by atoms with Crippen molar-refractivity contribution in [3.63, 3.8) is 0 Å². The molecule has 0 saturated carbocycles. The van der Waals surface area contributed by atoms with Crippen molar-refractivity contribution < 1.29 is 4.74 Å². The van der Waals surface area contributed by atoms with Gasteiger partial charge in [-0.25, -0.2) is 4.99 Å². The third kappa shape index (κ3) is 2.02. The van der Waals surface area contributed by atoms with Gasteiger partial charge in [-0.1, -0.05) is 19.1 Å². The predicted molar refractivity (Wildman–Crippen MR) is 64.8 cm³/mol. The second-order valence-corrected chi connectivity index (χ2v) is 5.12. The van der Waals surface area contributed by atoms with Gasteiger partial charge in [-0.05, 0) is 19.1 Å². The first-order valence-electron chi connectivity index (χ1n) is 5.10. The highest BCUT2D eigenvalue weighted by Crippen LogP contribution is 2.32. The van der Waals surface area contributed by atoms with Crippen LogP contribution in [0, 0.1) is 0 Å². The van der Waals surface area contributed by atoms with Crippen molar-refractivity contribution >= 4 is 17.7 Å². The van der Waals surface area contributed by atoms with Crippen LogP contribution in [0.15, 0.2) is 34.2 Å². The highest BCUT2D eigenvalue weighted by Gasteiger charge is 2.22. The molecular weight excluding hydrogens is 206 g/mol. The number of ether oxygens (including phenoxy) is 1. The molecule has 1 aliphatic rings. The largest absolute Gasteiger partial charge is 0.481 e. The lowest BCUT2D eigenvalue weighted by atomic mass is 10.2. The molecule has 0 saturated heterocycles. The van der Waals surface area contributed by atoms with Crippen molar-refractivity contribution in [3.8, 4) is 0 Å². The topological polar surface area (TPSA) is 21.6 Å². The first-order chi connectivity index (χ1) is 7.22. The lowest BCUT2D eigenvalue weighted by Gasteiger charge is -2.12. The zero-order valence-corrected chi connectivity index (χ0v) is 10.0. The summed E-state index contributed by atoms with van der Waals surface area (Å²) in [5.41, 5.74) is 1.11. The predicted octanol–water partition coefficient (Wildman–Crippen LogP) is 2.96. The molecule has 0 fully saturated rings. The monoisotopic (exact) mass is 221 g/mol. The van der Waals surface area contributed by atoms with Crippen molar-refractivity contribution in [2.45, 2.75) is 30.0 Å². The molecule has 0 aromatic heterocycles. The minimum atomic E-state index is 0.289. The number of hydrogen-bond donors (Lipinski definition) is 0. The van der Waals surface area contributed by atoms with Crippen LogP contribution in [0.3, 0.4) is 0 Å². The molecule has 1 aromatic rings. The number of benzene rings is 1. The Balaban J connectivity index is 2.50. The molecule has 2 nitrogen and oxygen atoms in total. The summed E-state index contributed by atoms with van der Waals surface area (Å²) in [6, 6.07) is 8.56. The van der Waals surface area contributed by atoms with Crippen LogP contribution in [0.5, 0.6) is 0 Å². The summed E-state index contributed by atoms with van der Waals surface area (Å²) in [6.45, 7) is 4.33. The highest BCUT2D eigenvalue weighted by molar-refractivity contribution is 8.00. The van der Waals surface area contributed by atoms with E-state index in [1.165, 1.54) is 4.90 Å². The number of rotatable bonds is 0. The van der Waals surface area contributed by atoms with Crippen molar-refractivity contribution in [3.05, 3.63) is 29.8 Å². The van der Waals surface area contributed by atoms with Crippen LogP contribution in [0.25, 0.3) is 0 Å². The van der Waals surface area contributed by atoms with E-state index < -0.39 is 0 Å². The number of fused-ring (bicyclic) bond motifs is 1. The van der Waals surface area contributed by atoms with Gasteiger partial charge in [0, 0.05) is 15.7 Å². The fraction of sp³-hybridized carbons (Fsp3) is 0.417. The number of hydrogen-bond acceptors (Lipinski definition) is 3. The second-order valence-electron chi connectivity index (χ2n) is 3.70. The summed E-state index contributed by atoms with van der Waals surface area (Å²) in [5, 5.41) is 0.485. The first kappa shape index (κ1) is 10.6. The van der Waals surface area contributed by atoms with Crippen LogP contribution < -0.4 is 0 Å². The number of thioether (sulfide) groups is 1. The van der Waals surface area contributed by atoms with E-state index in [1.54, 1.807) is 7.11 Å². The zero-order valence-electron chi connectivity index (χ0n) is 9.23. The van der Waals surface area contributed by atoms with E-state index in [9.17, 15) is 0 Å². The Morgan fingerprint density at radius 3 is 2.73 bits per heavy atom. The van der Waals surface area contributed by atoms with E-state index in [4.69, 9.17) is 4.74 Å². The molecule has 0 amide bonds. The minimum Gasteiger partial charge on any atom is -0.481 e. The molecule has 0 N–H and O–H groups in total. The van der Waals surface area contributed by atoms with E-state index in [0.29, 0.717) is 5.25 Å². The average molecular weight is 221 g/mol. The fourth-order valence-electron chi connectivity index (χ4n) is 1.57. The fourth-order valence-corrected chi connectivity index (χ4v) is 2.66. The van der Waals surface area contributed by atoms with E-state index >= 15 is 0 Å². The smallest absolute Gasteiger partial charge is 0.217 e. The Labute approximate surface area is 94.7 Å². The summed E-state index contributed by atoms with van der Waals surface area (Å²) in [7, 11) is 1.68. The van der Waals surface area contributed by atoms with Crippen LogP contribution in [0.4, 0.5) is 0 Å². The molecule has 2 atom stereocenters. The molecule has 0 aliphatic carbocycles. The summed E-state index contributed by atoms with van der Waals surface area (Å²) >= 11 is 1.87. The van der Waals surface area contributed by atoms with Crippen molar-refractivity contribution in [1.29, 1.82) is 0 Å². The van der Waals surface area contributed by atoms with Gasteiger partial charge in [0.2, 0.25) is 5.90 Å². The Hall–Kier alpha value is -0.960. The molecular formula is C12H15NOS. The van der Waals surface area contributed by atoms with Crippen LogP contribution >= 0.6 is 11.8 Å². The number of nitrogens with zero attached hydrogens (tertiary/aromatic N) is 1. The third-order valence-electron chi connectivity index (χ3n) is 2.62. The molecule has 15 heavy (non-hydrogen) atoms. The normalized spacial score (nSPS) is 25.1. The summed E-state index contributed by atoms with van der Waals surface area (Å²) < 4.78 is 5.35. The Morgan fingerprint density at radius 1 is 1.27 bits per heavy atom. The van der Waals surface area contributed by atoms with E-state index in [2.05, 4.69) is 37.0 Å². The average Bonchev–Trinajstić information content (AvgIpc) is 2.37. The molecule has 2 rings (SSSR count). The van der Waals surface area contributed by atoms with Gasteiger partial charge in [0.15, 0.2) is 0 Å². The molecule has 1 heterocycles. The quantitative estimate of drug-likeness (QED) is 0.671. The van der Waals surface area contributed by atoms with Crippen LogP contribution in [0.2, 0.25) is 0 Å². The van der Waals surface area contributed by atoms with Crippen molar-refractivity contribution in [1.82, 2.24) is 0 Å². The standard InChI is InChI=1S/C12H15NOS/c1-8-9(2)15-11-7-5-4-6-10(11)12(13-8)14-3/h4-9H,1-3H3. The lowest BCUT2D eigenvalue weighted by molar-refractivity contribution is 0.399. The van der Waals surface area contributed by atoms with Crippen LogP contribution in [0.1, 0.15) is 19.4 Å². The molecule has 0 spiro atoms. The van der Waals surface area contributed by atoms with Crippen molar-refractivity contribution in [2.24, 2.45) is 4.99 Å². The van der Waals surface area contributed by atoms with Gasteiger partial charge in [-0.15, -0.1) is 11.8 Å². The van der Waals surface area contributed by atoms with Gasteiger partial charge in [0.25, 0.3) is 0 Å². The second kappa shape index (κ2) is 4.27. The Bertz CT molecular complexity index is 389. The Morgan fingerprint density at radius 2 is 2.00 bits per heavy atom. The summed E-state index contributed by atoms with van der Waals surface area (Å²) in [5.74, 6) is 0.759. The van der Waals surface area contributed by atoms with E-state index in [0.717, 1.165) is 11.5 Å². The SMILES string of the molecule is COC1=NC(C)C(C)Sc2ccccc21. The van der Waals surface area contributed by atoms with Crippen molar-refractivity contribution in [2.75, 3.05) is 7.11 Å². The highest BCUT2D eigenvalue weighted by atomic mass is 32.2. The number of aliphatic imine (C=N–C) groups is 1. The molecule has 1 aliphatic heterocycles. The van der Waals surface area contributed by atoms with Crippen LogP contribution in [-0.2, 0) is 4.74 Å².